The molecule has 4 nitrogen and oxygen atoms in total. The molecule has 0 saturated heterocycles. The fraction of sp³-hybridized carbons (Fsp3) is 0.667. The van der Waals surface area contributed by atoms with Gasteiger partial charge in [0.1, 0.15) is 5.56 Å². The standard InChI is InChI=1S/C12H18N2O2/c1-2-14-8-10(12(15)16)11(13-14)9-6-4-3-5-7-9/h8-9H,2-7H2,1H3,(H,15,16). The van der Waals surface area contributed by atoms with Crippen LogP contribution in [0.2, 0.25) is 0 Å². The van der Waals surface area contributed by atoms with Crippen LogP contribution in [0.1, 0.15) is 61.0 Å². The Morgan fingerprint density at radius 1 is 1.50 bits per heavy atom. The van der Waals surface area contributed by atoms with E-state index in [4.69, 9.17) is 5.11 Å². The highest BCUT2D eigenvalue weighted by Gasteiger charge is 2.24. The zero-order valence-electron chi connectivity index (χ0n) is 9.65. The molecule has 16 heavy (non-hydrogen) atoms. The van der Waals surface area contributed by atoms with Crippen molar-refractivity contribution < 1.29 is 9.90 Å². The van der Waals surface area contributed by atoms with Gasteiger partial charge in [-0.15, -0.1) is 0 Å². The van der Waals surface area contributed by atoms with E-state index < -0.39 is 5.97 Å². The summed E-state index contributed by atoms with van der Waals surface area (Å²) in [5, 5.41) is 13.6. The number of carboxylic acids is 1. The molecule has 1 aliphatic rings. The number of carboxylic acid groups (broad SMARTS) is 1. The first-order chi connectivity index (χ1) is 7.72. The van der Waals surface area contributed by atoms with Crippen molar-refractivity contribution in [1.29, 1.82) is 0 Å². The zero-order chi connectivity index (χ0) is 11.5. The third kappa shape index (κ3) is 2.10. The van der Waals surface area contributed by atoms with Crippen LogP contribution in [0.15, 0.2) is 6.20 Å². The minimum atomic E-state index is -0.847. The van der Waals surface area contributed by atoms with E-state index in [0.29, 0.717) is 11.5 Å². The maximum absolute atomic E-state index is 11.1. The maximum Gasteiger partial charge on any atom is 0.339 e. The second-order valence-corrected chi connectivity index (χ2v) is 4.42. The lowest BCUT2D eigenvalue weighted by atomic mass is 9.85. The Hall–Kier alpha value is -1.32. The van der Waals surface area contributed by atoms with Crippen molar-refractivity contribution in [3.63, 3.8) is 0 Å². The molecule has 4 heteroatoms. The number of hydrogen-bond acceptors (Lipinski definition) is 2. The molecular weight excluding hydrogens is 204 g/mol. The molecule has 1 saturated carbocycles. The summed E-state index contributed by atoms with van der Waals surface area (Å²) < 4.78 is 1.73. The molecule has 2 rings (SSSR count). The Kier molecular flexibility index (Phi) is 3.27. The molecule has 1 aliphatic carbocycles. The topological polar surface area (TPSA) is 55.1 Å². The smallest absolute Gasteiger partial charge is 0.339 e. The molecule has 1 fully saturated rings. The van der Waals surface area contributed by atoms with Gasteiger partial charge in [-0.25, -0.2) is 4.79 Å². The van der Waals surface area contributed by atoms with Crippen LogP contribution in [0.25, 0.3) is 0 Å². The highest BCUT2D eigenvalue weighted by Crippen LogP contribution is 2.33. The number of aromatic nitrogens is 2. The van der Waals surface area contributed by atoms with Gasteiger partial charge < -0.3 is 5.11 Å². The Balaban J connectivity index is 2.29. The van der Waals surface area contributed by atoms with E-state index in [1.54, 1.807) is 10.9 Å². The van der Waals surface area contributed by atoms with Gasteiger partial charge in [-0.1, -0.05) is 19.3 Å². The van der Waals surface area contributed by atoms with Crippen LogP contribution in [0, 0.1) is 0 Å². The number of rotatable bonds is 3. The third-order valence-corrected chi connectivity index (χ3v) is 3.34. The molecule has 88 valence electrons. The molecule has 0 amide bonds. The molecule has 1 heterocycles. The molecule has 0 bridgehead atoms. The van der Waals surface area contributed by atoms with Gasteiger partial charge in [0.15, 0.2) is 0 Å². The first-order valence-electron chi connectivity index (χ1n) is 6.03. The van der Waals surface area contributed by atoms with Crippen LogP contribution in [0.5, 0.6) is 0 Å². The van der Waals surface area contributed by atoms with Gasteiger partial charge in [0.25, 0.3) is 0 Å². The first-order valence-corrected chi connectivity index (χ1v) is 6.03. The van der Waals surface area contributed by atoms with Gasteiger partial charge in [-0.05, 0) is 19.8 Å². The summed E-state index contributed by atoms with van der Waals surface area (Å²) in [6.45, 7) is 2.70. The van der Waals surface area contributed by atoms with Crippen LogP contribution in [0.4, 0.5) is 0 Å². The van der Waals surface area contributed by atoms with Crippen molar-refractivity contribution in [2.75, 3.05) is 0 Å². The molecule has 0 atom stereocenters. The van der Waals surface area contributed by atoms with Crippen LogP contribution in [-0.2, 0) is 6.54 Å². The molecule has 0 spiro atoms. The van der Waals surface area contributed by atoms with Gasteiger partial charge in [-0.2, -0.15) is 5.10 Å². The van der Waals surface area contributed by atoms with Crippen molar-refractivity contribution in [3.05, 3.63) is 17.5 Å². The van der Waals surface area contributed by atoms with Crippen molar-refractivity contribution in [1.82, 2.24) is 9.78 Å². The van der Waals surface area contributed by atoms with E-state index in [2.05, 4.69) is 5.10 Å². The fourth-order valence-corrected chi connectivity index (χ4v) is 2.44. The Morgan fingerprint density at radius 2 is 2.19 bits per heavy atom. The second-order valence-electron chi connectivity index (χ2n) is 4.42. The Labute approximate surface area is 95.3 Å². The predicted octanol–water partition coefficient (Wildman–Crippen LogP) is 2.65. The molecule has 0 aromatic carbocycles. The van der Waals surface area contributed by atoms with E-state index >= 15 is 0 Å². The molecule has 0 aliphatic heterocycles. The number of hydrogen-bond donors (Lipinski definition) is 1. The minimum absolute atomic E-state index is 0.354. The summed E-state index contributed by atoms with van der Waals surface area (Å²) in [5.41, 5.74) is 1.20. The lowest BCUT2D eigenvalue weighted by molar-refractivity contribution is 0.0694. The van der Waals surface area contributed by atoms with E-state index in [1.807, 2.05) is 6.92 Å². The van der Waals surface area contributed by atoms with Gasteiger partial charge in [0.05, 0.1) is 5.69 Å². The number of aromatic carboxylic acids is 1. The Morgan fingerprint density at radius 3 is 2.75 bits per heavy atom. The summed E-state index contributed by atoms with van der Waals surface area (Å²) in [5.74, 6) is -0.493. The zero-order valence-corrected chi connectivity index (χ0v) is 9.65. The first kappa shape index (κ1) is 11.2. The third-order valence-electron chi connectivity index (χ3n) is 3.34. The molecule has 1 aromatic heterocycles. The monoisotopic (exact) mass is 222 g/mol. The second kappa shape index (κ2) is 4.68. The van der Waals surface area contributed by atoms with Gasteiger partial charge in [0.2, 0.25) is 0 Å². The van der Waals surface area contributed by atoms with Crippen LogP contribution < -0.4 is 0 Å². The SMILES string of the molecule is CCn1cc(C(=O)O)c(C2CCCCC2)n1. The molecule has 1 N–H and O–H groups in total. The predicted molar refractivity (Wildman–Crippen MR) is 60.7 cm³/mol. The van der Waals surface area contributed by atoms with E-state index in [9.17, 15) is 4.79 Å². The normalized spacial score (nSPS) is 17.6. The van der Waals surface area contributed by atoms with Gasteiger partial charge in [0, 0.05) is 18.7 Å². The van der Waals surface area contributed by atoms with Gasteiger partial charge in [-0.3, -0.25) is 4.68 Å². The maximum atomic E-state index is 11.1. The van der Waals surface area contributed by atoms with E-state index in [-0.39, 0.29) is 0 Å². The average Bonchev–Trinajstić information content (AvgIpc) is 2.74. The highest BCUT2D eigenvalue weighted by molar-refractivity contribution is 5.88. The van der Waals surface area contributed by atoms with Crippen LogP contribution in [0.3, 0.4) is 0 Å². The molecule has 1 aromatic rings. The number of aryl methyl sites for hydroxylation is 1. The van der Waals surface area contributed by atoms with Crippen molar-refractivity contribution >= 4 is 5.97 Å². The lowest BCUT2D eigenvalue weighted by Gasteiger charge is -2.20. The van der Waals surface area contributed by atoms with Crippen LogP contribution >= 0.6 is 0 Å². The molecular formula is C12H18N2O2. The van der Waals surface area contributed by atoms with Crippen molar-refractivity contribution in [3.8, 4) is 0 Å². The lowest BCUT2D eigenvalue weighted by Crippen LogP contribution is -2.10. The summed E-state index contributed by atoms with van der Waals surface area (Å²) in [6.07, 6.45) is 7.49. The van der Waals surface area contributed by atoms with E-state index in [0.717, 1.165) is 25.1 Å². The fourth-order valence-electron chi connectivity index (χ4n) is 2.44. The van der Waals surface area contributed by atoms with Gasteiger partial charge >= 0.3 is 5.97 Å². The average molecular weight is 222 g/mol. The highest BCUT2D eigenvalue weighted by atomic mass is 16.4. The largest absolute Gasteiger partial charge is 0.478 e. The summed E-state index contributed by atoms with van der Waals surface area (Å²) in [7, 11) is 0. The van der Waals surface area contributed by atoms with Crippen molar-refractivity contribution in [2.45, 2.75) is 51.5 Å². The summed E-state index contributed by atoms with van der Waals surface area (Å²) in [6, 6.07) is 0. The molecule has 0 unspecified atom stereocenters. The summed E-state index contributed by atoms with van der Waals surface area (Å²) in [4.78, 5) is 11.1. The minimum Gasteiger partial charge on any atom is -0.478 e. The summed E-state index contributed by atoms with van der Waals surface area (Å²) >= 11 is 0. The number of carbonyl (C=O) groups is 1. The van der Waals surface area contributed by atoms with E-state index in [1.165, 1.54) is 19.3 Å². The Bertz CT molecular complexity index is 378. The molecule has 0 radical (unpaired) electrons. The quantitative estimate of drug-likeness (QED) is 0.855. The van der Waals surface area contributed by atoms with Crippen LogP contribution in [-0.4, -0.2) is 20.9 Å². The van der Waals surface area contributed by atoms with Crippen molar-refractivity contribution in [2.24, 2.45) is 0 Å². The number of nitrogens with zero attached hydrogens (tertiary/aromatic N) is 2.